The van der Waals surface area contributed by atoms with Crippen LogP contribution in [0.1, 0.15) is 21.6 Å². The molecular formula is C24H24N4O4S2. The molecule has 1 fully saturated rings. The summed E-state index contributed by atoms with van der Waals surface area (Å²) in [6, 6.07) is 12.5. The normalized spacial score (nSPS) is 14.5. The summed E-state index contributed by atoms with van der Waals surface area (Å²) < 4.78 is 35.8. The fourth-order valence-electron chi connectivity index (χ4n) is 3.95. The average molecular weight is 497 g/mol. The number of anilines is 1. The van der Waals surface area contributed by atoms with E-state index >= 15 is 0 Å². The van der Waals surface area contributed by atoms with Crippen LogP contribution in [0.4, 0.5) is 5.69 Å². The largest absolute Gasteiger partial charge is 0.378 e. The van der Waals surface area contributed by atoms with Gasteiger partial charge in [-0.2, -0.15) is 0 Å². The lowest BCUT2D eigenvalue weighted by atomic mass is 10.1. The molecule has 0 unspecified atom stereocenters. The SMILES string of the molecule is Cc1ccc(C)c(S(=O)(=O)Nc2cccc(-c3cn4c(C(=O)N5CCOCC5)csc4n3)c2)c1. The number of thiazole rings is 1. The molecular weight excluding hydrogens is 472 g/mol. The van der Waals surface area contributed by atoms with Gasteiger partial charge in [0.05, 0.1) is 23.8 Å². The summed E-state index contributed by atoms with van der Waals surface area (Å²) in [4.78, 5) is 20.4. The number of carbonyl (C=O) groups excluding carboxylic acids is 1. The molecule has 0 bridgehead atoms. The maximum atomic E-state index is 13.0. The summed E-state index contributed by atoms with van der Waals surface area (Å²) in [6.45, 7) is 5.86. The first-order valence-corrected chi connectivity index (χ1v) is 13.2. The zero-order valence-electron chi connectivity index (χ0n) is 18.8. The fourth-order valence-corrected chi connectivity index (χ4v) is 6.18. The minimum absolute atomic E-state index is 0.0477. The van der Waals surface area contributed by atoms with E-state index in [9.17, 15) is 13.2 Å². The van der Waals surface area contributed by atoms with E-state index in [-0.39, 0.29) is 10.8 Å². The molecule has 8 nitrogen and oxygen atoms in total. The third-order valence-electron chi connectivity index (χ3n) is 5.77. The van der Waals surface area contributed by atoms with Gasteiger partial charge in [-0.1, -0.05) is 24.3 Å². The molecule has 0 saturated carbocycles. The number of nitrogens with one attached hydrogen (secondary N) is 1. The molecule has 176 valence electrons. The maximum absolute atomic E-state index is 13.0. The van der Waals surface area contributed by atoms with Crippen molar-refractivity contribution >= 4 is 37.9 Å². The highest BCUT2D eigenvalue weighted by atomic mass is 32.2. The number of hydrogen-bond acceptors (Lipinski definition) is 6. The molecule has 4 aromatic rings. The van der Waals surface area contributed by atoms with Crippen LogP contribution in [0.3, 0.4) is 0 Å². The van der Waals surface area contributed by atoms with E-state index < -0.39 is 10.0 Å². The molecule has 3 heterocycles. The van der Waals surface area contributed by atoms with Gasteiger partial charge < -0.3 is 9.64 Å². The number of benzene rings is 2. The van der Waals surface area contributed by atoms with Crippen molar-refractivity contribution in [1.29, 1.82) is 0 Å². The van der Waals surface area contributed by atoms with Crippen molar-refractivity contribution < 1.29 is 17.9 Å². The minimum atomic E-state index is -3.74. The summed E-state index contributed by atoms with van der Waals surface area (Å²) in [5, 5.41) is 1.82. The van der Waals surface area contributed by atoms with Gasteiger partial charge in [-0.3, -0.25) is 13.9 Å². The van der Waals surface area contributed by atoms with Crippen LogP contribution >= 0.6 is 11.3 Å². The number of rotatable bonds is 5. The van der Waals surface area contributed by atoms with Crippen LogP contribution in [-0.4, -0.2) is 54.9 Å². The van der Waals surface area contributed by atoms with Gasteiger partial charge in [-0.05, 0) is 43.2 Å². The average Bonchev–Trinajstić information content (AvgIpc) is 3.42. The van der Waals surface area contributed by atoms with Gasteiger partial charge in [0.2, 0.25) is 0 Å². The van der Waals surface area contributed by atoms with Crippen LogP contribution in [0.2, 0.25) is 0 Å². The quantitative estimate of drug-likeness (QED) is 0.452. The van der Waals surface area contributed by atoms with Crippen molar-refractivity contribution in [3.05, 3.63) is 70.9 Å². The molecule has 0 spiro atoms. The Morgan fingerprint density at radius 3 is 2.71 bits per heavy atom. The number of fused-ring (bicyclic) bond motifs is 1. The zero-order valence-corrected chi connectivity index (χ0v) is 20.4. The molecule has 10 heteroatoms. The van der Waals surface area contributed by atoms with E-state index in [1.165, 1.54) is 11.3 Å². The minimum Gasteiger partial charge on any atom is -0.378 e. The van der Waals surface area contributed by atoms with Crippen LogP contribution < -0.4 is 4.72 Å². The zero-order chi connectivity index (χ0) is 23.9. The number of nitrogens with zero attached hydrogens (tertiary/aromatic N) is 3. The molecule has 0 aliphatic carbocycles. The van der Waals surface area contributed by atoms with E-state index in [1.54, 1.807) is 46.6 Å². The predicted octanol–water partition coefficient (Wildman–Crippen LogP) is 3.95. The number of amides is 1. The number of aromatic nitrogens is 2. The number of ether oxygens (including phenoxy) is 1. The van der Waals surface area contributed by atoms with Gasteiger partial charge in [-0.25, -0.2) is 13.4 Å². The van der Waals surface area contributed by atoms with E-state index in [0.29, 0.717) is 53.9 Å². The molecule has 1 aliphatic rings. The van der Waals surface area contributed by atoms with E-state index in [2.05, 4.69) is 9.71 Å². The summed E-state index contributed by atoms with van der Waals surface area (Å²) in [7, 11) is -3.74. The molecule has 5 rings (SSSR count). The maximum Gasteiger partial charge on any atom is 0.271 e. The lowest BCUT2D eigenvalue weighted by Gasteiger charge is -2.26. The van der Waals surface area contributed by atoms with E-state index in [4.69, 9.17) is 4.74 Å². The van der Waals surface area contributed by atoms with Crippen molar-refractivity contribution in [3.63, 3.8) is 0 Å². The van der Waals surface area contributed by atoms with E-state index in [0.717, 1.165) is 11.1 Å². The number of aryl methyl sites for hydroxylation is 2. The van der Waals surface area contributed by atoms with Gasteiger partial charge in [0.1, 0.15) is 5.69 Å². The molecule has 1 N–H and O–H groups in total. The van der Waals surface area contributed by atoms with Gasteiger partial charge in [-0.15, -0.1) is 11.3 Å². The van der Waals surface area contributed by atoms with Gasteiger partial charge in [0.25, 0.3) is 15.9 Å². The number of carbonyl (C=O) groups is 1. The van der Waals surface area contributed by atoms with E-state index in [1.807, 2.05) is 30.6 Å². The molecule has 2 aromatic carbocycles. The first kappa shape index (κ1) is 22.6. The van der Waals surface area contributed by atoms with Crippen molar-refractivity contribution in [2.24, 2.45) is 0 Å². The van der Waals surface area contributed by atoms with Crippen LogP contribution in [0.5, 0.6) is 0 Å². The van der Waals surface area contributed by atoms with Crippen LogP contribution in [-0.2, 0) is 14.8 Å². The summed E-state index contributed by atoms with van der Waals surface area (Å²) >= 11 is 1.40. The Labute approximate surface area is 201 Å². The highest BCUT2D eigenvalue weighted by Gasteiger charge is 2.23. The lowest BCUT2D eigenvalue weighted by molar-refractivity contribution is 0.0298. The van der Waals surface area contributed by atoms with Crippen LogP contribution in [0.15, 0.2) is 58.9 Å². The predicted molar refractivity (Wildman–Crippen MR) is 132 cm³/mol. The van der Waals surface area contributed by atoms with Crippen LogP contribution in [0, 0.1) is 13.8 Å². The highest BCUT2D eigenvalue weighted by molar-refractivity contribution is 7.92. The number of sulfonamides is 1. The van der Waals surface area contributed by atoms with Crippen molar-refractivity contribution in [2.75, 3.05) is 31.0 Å². The van der Waals surface area contributed by atoms with Gasteiger partial charge in [0, 0.05) is 35.9 Å². The highest BCUT2D eigenvalue weighted by Crippen LogP contribution is 2.28. The molecule has 0 atom stereocenters. The summed E-state index contributed by atoms with van der Waals surface area (Å²) in [5.74, 6) is -0.0477. The Balaban J connectivity index is 1.43. The Hall–Kier alpha value is -3.21. The monoisotopic (exact) mass is 496 g/mol. The molecule has 2 aromatic heterocycles. The standard InChI is InChI=1S/C24H24N4O4S2/c1-16-6-7-17(2)22(12-16)34(30,31)26-19-5-3-4-18(13-19)20-14-28-21(15-33-24(28)25-20)23(29)27-8-10-32-11-9-27/h3-7,12-15,26H,8-11H2,1-2H3. The molecule has 1 amide bonds. The second kappa shape index (κ2) is 8.86. The topological polar surface area (TPSA) is 93.0 Å². The van der Waals surface area contributed by atoms with Crippen molar-refractivity contribution in [2.45, 2.75) is 18.7 Å². The second-order valence-corrected chi connectivity index (χ2v) is 10.7. The van der Waals surface area contributed by atoms with Crippen molar-refractivity contribution in [1.82, 2.24) is 14.3 Å². The second-order valence-electron chi connectivity index (χ2n) is 8.26. The molecule has 0 radical (unpaired) electrons. The smallest absolute Gasteiger partial charge is 0.271 e. The summed E-state index contributed by atoms with van der Waals surface area (Å²) in [5.41, 5.74) is 3.98. The van der Waals surface area contributed by atoms with Crippen LogP contribution in [0.25, 0.3) is 16.2 Å². The van der Waals surface area contributed by atoms with Gasteiger partial charge >= 0.3 is 0 Å². The third-order valence-corrected chi connectivity index (χ3v) is 8.13. The number of hydrogen-bond donors (Lipinski definition) is 1. The number of morpholine rings is 1. The summed E-state index contributed by atoms with van der Waals surface area (Å²) in [6.07, 6.45) is 1.82. The third kappa shape index (κ3) is 4.31. The first-order valence-electron chi connectivity index (χ1n) is 10.9. The Morgan fingerprint density at radius 2 is 1.91 bits per heavy atom. The Bertz CT molecular complexity index is 1480. The lowest BCUT2D eigenvalue weighted by Crippen LogP contribution is -2.41. The first-order chi connectivity index (χ1) is 16.3. The van der Waals surface area contributed by atoms with Gasteiger partial charge in [0.15, 0.2) is 4.96 Å². The Morgan fingerprint density at radius 1 is 1.12 bits per heavy atom. The molecule has 34 heavy (non-hydrogen) atoms. The Kier molecular flexibility index (Phi) is 5.88. The van der Waals surface area contributed by atoms with Crippen molar-refractivity contribution in [3.8, 4) is 11.3 Å². The molecule has 1 aliphatic heterocycles. The number of imidazole rings is 1. The fraction of sp³-hybridized carbons (Fsp3) is 0.250. The molecule has 1 saturated heterocycles.